The molecule has 0 spiro atoms. The fourth-order valence-corrected chi connectivity index (χ4v) is 4.06. The third-order valence-corrected chi connectivity index (χ3v) is 5.53. The van der Waals surface area contributed by atoms with Crippen LogP contribution >= 0.6 is 0 Å². The van der Waals surface area contributed by atoms with E-state index < -0.39 is 0 Å². The van der Waals surface area contributed by atoms with Gasteiger partial charge in [-0.2, -0.15) is 4.98 Å². The minimum Gasteiger partial charge on any atom is -0.497 e. The van der Waals surface area contributed by atoms with Crippen molar-refractivity contribution in [3.63, 3.8) is 0 Å². The first-order valence-electron chi connectivity index (χ1n) is 9.74. The van der Waals surface area contributed by atoms with E-state index in [4.69, 9.17) is 9.72 Å². The highest BCUT2D eigenvalue weighted by molar-refractivity contribution is 5.49. The van der Waals surface area contributed by atoms with Gasteiger partial charge < -0.3 is 15.0 Å². The number of rotatable bonds is 4. The standard InChI is InChI=1S/C21H28N4O/c1-15-12-20(24-21(22-15)23-18-6-4-3-5-7-18)25-11-10-16-13-19(26-2)9-8-17(16)14-25/h8-9,12-13,18H,3-7,10-11,14H2,1-2H3,(H,22,23,24). The Morgan fingerprint density at radius 2 is 1.92 bits per heavy atom. The Balaban J connectivity index is 1.52. The second-order valence-corrected chi connectivity index (χ2v) is 7.48. The number of aromatic nitrogens is 2. The number of hydrogen-bond donors (Lipinski definition) is 1. The molecule has 0 bridgehead atoms. The van der Waals surface area contributed by atoms with Gasteiger partial charge >= 0.3 is 0 Å². The third-order valence-electron chi connectivity index (χ3n) is 5.53. The molecule has 0 atom stereocenters. The molecule has 26 heavy (non-hydrogen) atoms. The molecule has 2 aliphatic rings. The van der Waals surface area contributed by atoms with Crippen LogP contribution in [0.3, 0.4) is 0 Å². The van der Waals surface area contributed by atoms with E-state index in [9.17, 15) is 0 Å². The average molecular weight is 352 g/mol. The first kappa shape index (κ1) is 17.1. The fourth-order valence-electron chi connectivity index (χ4n) is 4.06. The maximum atomic E-state index is 5.35. The Bertz CT molecular complexity index is 771. The minimum absolute atomic E-state index is 0.521. The smallest absolute Gasteiger partial charge is 0.225 e. The lowest BCUT2D eigenvalue weighted by molar-refractivity contribution is 0.413. The first-order valence-corrected chi connectivity index (χ1v) is 9.74. The topological polar surface area (TPSA) is 50.3 Å². The van der Waals surface area contributed by atoms with Gasteiger partial charge in [-0.15, -0.1) is 0 Å². The van der Waals surface area contributed by atoms with Crippen molar-refractivity contribution in [1.82, 2.24) is 9.97 Å². The lowest BCUT2D eigenvalue weighted by Crippen LogP contribution is -2.31. The lowest BCUT2D eigenvalue weighted by Gasteiger charge is -2.30. The summed E-state index contributed by atoms with van der Waals surface area (Å²) in [6, 6.07) is 9.00. The van der Waals surface area contributed by atoms with Gasteiger partial charge in [0.1, 0.15) is 11.6 Å². The van der Waals surface area contributed by atoms with Crippen LogP contribution < -0.4 is 15.0 Å². The SMILES string of the molecule is COc1ccc2c(c1)CCN(c1cc(C)nc(NC3CCCCC3)n1)C2. The number of nitrogens with one attached hydrogen (secondary N) is 1. The van der Waals surface area contributed by atoms with Gasteiger partial charge in [-0.1, -0.05) is 25.3 Å². The maximum absolute atomic E-state index is 5.35. The Kier molecular flexibility index (Phi) is 4.96. The number of hydrogen-bond acceptors (Lipinski definition) is 5. The van der Waals surface area contributed by atoms with Crippen LogP contribution in [-0.2, 0) is 13.0 Å². The number of methoxy groups -OCH3 is 1. The molecule has 1 aromatic carbocycles. The number of benzene rings is 1. The van der Waals surface area contributed by atoms with Crippen molar-refractivity contribution in [2.75, 3.05) is 23.9 Å². The molecule has 2 aromatic rings. The normalized spacial score (nSPS) is 17.7. The van der Waals surface area contributed by atoms with Crippen LogP contribution in [0, 0.1) is 6.92 Å². The maximum Gasteiger partial charge on any atom is 0.225 e. The van der Waals surface area contributed by atoms with Gasteiger partial charge in [-0.05, 0) is 49.4 Å². The summed E-state index contributed by atoms with van der Waals surface area (Å²) < 4.78 is 5.35. The van der Waals surface area contributed by atoms with E-state index in [1.165, 1.54) is 43.2 Å². The predicted octanol–water partition coefficient (Wildman–Crippen LogP) is 4.10. The Morgan fingerprint density at radius 1 is 1.08 bits per heavy atom. The molecular weight excluding hydrogens is 324 g/mol. The molecule has 1 saturated carbocycles. The lowest BCUT2D eigenvalue weighted by atomic mass is 9.96. The Labute approximate surface area is 155 Å². The quantitative estimate of drug-likeness (QED) is 0.898. The second-order valence-electron chi connectivity index (χ2n) is 7.48. The van der Waals surface area contributed by atoms with Crippen molar-refractivity contribution < 1.29 is 4.74 Å². The molecule has 1 fully saturated rings. The van der Waals surface area contributed by atoms with E-state index in [0.29, 0.717) is 6.04 Å². The van der Waals surface area contributed by atoms with Crippen molar-refractivity contribution in [3.8, 4) is 5.75 Å². The van der Waals surface area contributed by atoms with E-state index in [2.05, 4.69) is 40.3 Å². The summed E-state index contributed by atoms with van der Waals surface area (Å²) in [7, 11) is 1.72. The van der Waals surface area contributed by atoms with Crippen LogP contribution in [0.4, 0.5) is 11.8 Å². The molecule has 2 heterocycles. The number of anilines is 2. The van der Waals surface area contributed by atoms with E-state index in [1.54, 1.807) is 7.11 Å². The zero-order valence-corrected chi connectivity index (χ0v) is 15.8. The highest BCUT2D eigenvalue weighted by Crippen LogP contribution is 2.27. The molecule has 5 heteroatoms. The van der Waals surface area contributed by atoms with Crippen LogP contribution in [0.25, 0.3) is 0 Å². The molecule has 138 valence electrons. The largest absolute Gasteiger partial charge is 0.497 e. The summed E-state index contributed by atoms with van der Waals surface area (Å²) in [5, 5.41) is 3.57. The van der Waals surface area contributed by atoms with Crippen molar-refractivity contribution in [2.24, 2.45) is 0 Å². The molecule has 1 N–H and O–H groups in total. The Hall–Kier alpha value is -2.30. The highest BCUT2D eigenvalue weighted by atomic mass is 16.5. The van der Waals surface area contributed by atoms with Gasteiger partial charge in [-0.3, -0.25) is 0 Å². The van der Waals surface area contributed by atoms with E-state index in [-0.39, 0.29) is 0 Å². The van der Waals surface area contributed by atoms with E-state index >= 15 is 0 Å². The highest BCUT2D eigenvalue weighted by Gasteiger charge is 2.20. The zero-order chi connectivity index (χ0) is 17.9. The van der Waals surface area contributed by atoms with Gasteiger partial charge in [0.2, 0.25) is 5.95 Å². The molecular formula is C21H28N4O. The second kappa shape index (κ2) is 7.52. The first-order chi connectivity index (χ1) is 12.7. The van der Waals surface area contributed by atoms with E-state index in [0.717, 1.165) is 42.7 Å². The number of aryl methyl sites for hydroxylation is 1. The van der Waals surface area contributed by atoms with Gasteiger partial charge in [-0.25, -0.2) is 4.98 Å². The molecule has 0 unspecified atom stereocenters. The molecule has 0 amide bonds. The van der Waals surface area contributed by atoms with Gasteiger partial charge in [0, 0.05) is 30.9 Å². The molecule has 0 saturated heterocycles. The average Bonchev–Trinajstić information content (AvgIpc) is 2.67. The van der Waals surface area contributed by atoms with E-state index in [1.807, 2.05) is 6.07 Å². The van der Waals surface area contributed by atoms with Gasteiger partial charge in [0.15, 0.2) is 0 Å². The molecule has 1 aromatic heterocycles. The Morgan fingerprint density at radius 3 is 2.73 bits per heavy atom. The predicted molar refractivity (Wildman–Crippen MR) is 105 cm³/mol. The molecule has 5 nitrogen and oxygen atoms in total. The van der Waals surface area contributed by atoms with Crippen molar-refractivity contribution in [2.45, 2.75) is 58.0 Å². The summed E-state index contributed by atoms with van der Waals surface area (Å²) in [4.78, 5) is 11.8. The van der Waals surface area contributed by atoms with Gasteiger partial charge in [0.25, 0.3) is 0 Å². The summed E-state index contributed by atoms with van der Waals surface area (Å²) in [6.45, 7) is 3.91. The zero-order valence-electron chi connectivity index (χ0n) is 15.8. The number of nitrogens with zero attached hydrogens (tertiary/aromatic N) is 3. The summed E-state index contributed by atoms with van der Waals surface area (Å²) in [5.41, 5.74) is 3.76. The van der Waals surface area contributed by atoms with Crippen LogP contribution in [0.2, 0.25) is 0 Å². The number of ether oxygens (including phenoxy) is 1. The van der Waals surface area contributed by atoms with Crippen LogP contribution in [-0.4, -0.2) is 29.7 Å². The minimum atomic E-state index is 0.521. The molecule has 4 rings (SSSR count). The fraction of sp³-hybridized carbons (Fsp3) is 0.524. The number of fused-ring (bicyclic) bond motifs is 1. The van der Waals surface area contributed by atoms with Crippen molar-refractivity contribution in [1.29, 1.82) is 0 Å². The van der Waals surface area contributed by atoms with Gasteiger partial charge in [0.05, 0.1) is 7.11 Å². The van der Waals surface area contributed by atoms with Crippen LogP contribution in [0.5, 0.6) is 5.75 Å². The monoisotopic (exact) mass is 352 g/mol. The molecule has 1 aliphatic carbocycles. The third kappa shape index (κ3) is 3.76. The molecule has 0 radical (unpaired) electrons. The summed E-state index contributed by atoms with van der Waals surface area (Å²) in [5.74, 6) is 2.75. The molecule has 1 aliphatic heterocycles. The van der Waals surface area contributed by atoms with Crippen molar-refractivity contribution in [3.05, 3.63) is 41.1 Å². The summed E-state index contributed by atoms with van der Waals surface area (Å²) in [6.07, 6.45) is 7.44. The van der Waals surface area contributed by atoms with Crippen molar-refractivity contribution >= 4 is 11.8 Å². The van der Waals surface area contributed by atoms with Crippen LogP contribution in [0.15, 0.2) is 24.3 Å². The summed E-state index contributed by atoms with van der Waals surface area (Å²) >= 11 is 0. The van der Waals surface area contributed by atoms with Crippen LogP contribution in [0.1, 0.15) is 48.9 Å².